The van der Waals surface area contributed by atoms with E-state index in [4.69, 9.17) is 10.8 Å². The second-order valence-electron chi connectivity index (χ2n) is 4.26. The number of aliphatic hydroxyl groups is 1. The van der Waals surface area contributed by atoms with Crippen molar-refractivity contribution in [1.82, 2.24) is 9.80 Å². The molecule has 1 aliphatic heterocycles. The number of aliphatic hydroxyl groups excluding tert-OH is 1. The lowest BCUT2D eigenvalue weighted by atomic mass is 10.2. The van der Waals surface area contributed by atoms with Crippen LogP contribution in [-0.2, 0) is 4.79 Å². The van der Waals surface area contributed by atoms with E-state index in [0.717, 1.165) is 32.6 Å². The highest BCUT2D eigenvalue weighted by Crippen LogP contribution is 2.05. The van der Waals surface area contributed by atoms with Crippen LogP contribution in [-0.4, -0.2) is 66.2 Å². The van der Waals surface area contributed by atoms with Gasteiger partial charge in [-0.05, 0) is 19.4 Å². The van der Waals surface area contributed by atoms with E-state index in [0.29, 0.717) is 13.0 Å². The zero-order chi connectivity index (χ0) is 12.0. The summed E-state index contributed by atoms with van der Waals surface area (Å²) in [5.41, 5.74) is 5.75. The van der Waals surface area contributed by atoms with E-state index >= 15 is 0 Å². The first-order chi connectivity index (χ1) is 7.69. The van der Waals surface area contributed by atoms with E-state index in [-0.39, 0.29) is 18.6 Å². The molecule has 0 aromatic rings. The van der Waals surface area contributed by atoms with Crippen LogP contribution in [0.2, 0.25) is 0 Å². The normalized spacial score (nSPS) is 20.6. The van der Waals surface area contributed by atoms with Gasteiger partial charge in [-0.1, -0.05) is 6.92 Å². The molecule has 1 aliphatic rings. The van der Waals surface area contributed by atoms with Crippen molar-refractivity contribution in [3.8, 4) is 0 Å². The first kappa shape index (κ1) is 13.4. The monoisotopic (exact) mass is 229 g/mol. The summed E-state index contributed by atoms with van der Waals surface area (Å²) in [6, 6.07) is -0.357. The van der Waals surface area contributed by atoms with Crippen LogP contribution >= 0.6 is 0 Å². The average Bonchev–Trinajstić information content (AvgIpc) is 2.53. The molecule has 0 aliphatic carbocycles. The fourth-order valence-corrected chi connectivity index (χ4v) is 1.97. The molecule has 0 aromatic heterocycles. The van der Waals surface area contributed by atoms with Crippen molar-refractivity contribution in [3.05, 3.63) is 0 Å². The standard InChI is InChI=1S/C11H23N3O2/c1-2-10(12)11(16)14-5-3-4-13(6-7-14)8-9-15/h10,15H,2-9,12H2,1H3. The van der Waals surface area contributed by atoms with E-state index in [1.54, 1.807) is 0 Å². The van der Waals surface area contributed by atoms with E-state index in [1.807, 2.05) is 11.8 Å². The van der Waals surface area contributed by atoms with Crippen molar-refractivity contribution in [1.29, 1.82) is 0 Å². The molecule has 1 fully saturated rings. The van der Waals surface area contributed by atoms with Crippen LogP contribution in [0.1, 0.15) is 19.8 Å². The Bertz CT molecular complexity index is 223. The van der Waals surface area contributed by atoms with Crippen molar-refractivity contribution in [2.75, 3.05) is 39.3 Å². The maximum Gasteiger partial charge on any atom is 0.239 e. The SMILES string of the molecule is CCC(N)C(=O)N1CCCN(CCO)CC1. The molecule has 1 amide bonds. The molecule has 0 saturated carbocycles. The van der Waals surface area contributed by atoms with Gasteiger partial charge in [0.15, 0.2) is 0 Å². The summed E-state index contributed by atoms with van der Waals surface area (Å²) in [5, 5.41) is 8.87. The summed E-state index contributed by atoms with van der Waals surface area (Å²) in [6.45, 7) is 6.11. The summed E-state index contributed by atoms with van der Waals surface area (Å²) >= 11 is 0. The third-order valence-corrected chi connectivity index (χ3v) is 3.07. The van der Waals surface area contributed by atoms with Crippen LogP contribution in [0.4, 0.5) is 0 Å². The summed E-state index contributed by atoms with van der Waals surface area (Å²) in [5.74, 6) is 0.0633. The lowest BCUT2D eigenvalue weighted by Crippen LogP contribution is -2.45. The molecular formula is C11H23N3O2. The number of rotatable bonds is 4. The van der Waals surface area contributed by atoms with Crippen LogP contribution in [0.3, 0.4) is 0 Å². The number of amides is 1. The van der Waals surface area contributed by atoms with E-state index in [2.05, 4.69) is 4.90 Å². The van der Waals surface area contributed by atoms with Gasteiger partial charge in [-0.3, -0.25) is 9.69 Å². The van der Waals surface area contributed by atoms with E-state index in [1.165, 1.54) is 0 Å². The van der Waals surface area contributed by atoms with Gasteiger partial charge in [-0.2, -0.15) is 0 Å². The van der Waals surface area contributed by atoms with Crippen molar-refractivity contribution >= 4 is 5.91 Å². The zero-order valence-electron chi connectivity index (χ0n) is 10.1. The first-order valence-corrected chi connectivity index (χ1v) is 6.06. The van der Waals surface area contributed by atoms with Crippen LogP contribution in [0.5, 0.6) is 0 Å². The number of β-amino-alcohol motifs (C(OH)–C–C–N with tert-alkyl or cyclic N) is 1. The predicted octanol–water partition coefficient (Wildman–Crippen LogP) is -0.750. The van der Waals surface area contributed by atoms with E-state index in [9.17, 15) is 4.79 Å². The van der Waals surface area contributed by atoms with Gasteiger partial charge in [0, 0.05) is 26.2 Å². The molecule has 1 heterocycles. The third kappa shape index (κ3) is 3.73. The molecule has 1 rings (SSSR count). The lowest BCUT2D eigenvalue weighted by molar-refractivity contribution is -0.132. The maximum absolute atomic E-state index is 11.9. The Morgan fingerprint density at radius 1 is 1.38 bits per heavy atom. The fraction of sp³-hybridized carbons (Fsp3) is 0.909. The number of nitrogens with two attached hydrogens (primary N) is 1. The molecule has 94 valence electrons. The van der Waals surface area contributed by atoms with Crippen molar-refractivity contribution in [2.45, 2.75) is 25.8 Å². The molecule has 5 heteroatoms. The number of carbonyl (C=O) groups excluding carboxylic acids is 1. The Morgan fingerprint density at radius 2 is 2.12 bits per heavy atom. The summed E-state index contributed by atoms with van der Waals surface area (Å²) in [7, 11) is 0. The average molecular weight is 229 g/mol. The quantitative estimate of drug-likeness (QED) is 0.665. The van der Waals surface area contributed by atoms with Gasteiger partial charge in [-0.15, -0.1) is 0 Å². The van der Waals surface area contributed by atoms with Crippen molar-refractivity contribution < 1.29 is 9.90 Å². The van der Waals surface area contributed by atoms with Crippen LogP contribution in [0.25, 0.3) is 0 Å². The molecule has 0 bridgehead atoms. The lowest BCUT2D eigenvalue weighted by Gasteiger charge is -2.24. The molecule has 1 unspecified atom stereocenters. The smallest absolute Gasteiger partial charge is 0.239 e. The minimum Gasteiger partial charge on any atom is -0.395 e. The largest absolute Gasteiger partial charge is 0.395 e. The molecule has 0 aromatic carbocycles. The number of nitrogens with zero attached hydrogens (tertiary/aromatic N) is 2. The van der Waals surface area contributed by atoms with Crippen molar-refractivity contribution in [3.63, 3.8) is 0 Å². The number of hydrogen-bond donors (Lipinski definition) is 2. The zero-order valence-corrected chi connectivity index (χ0v) is 10.1. The molecule has 1 atom stereocenters. The Hall–Kier alpha value is -0.650. The second-order valence-corrected chi connectivity index (χ2v) is 4.26. The molecule has 16 heavy (non-hydrogen) atoms. The van der Waals surface area contributed by atoms with E-state index < -0.39 is 0 Å². The van der Waals surface area contributed by atoms with Gasteiger partial charge in [0.2, 0.25) is 5.91 Å². The Morgan fingerprint density at radius 3 is 2.75 bits per heavy atom. The topological polar surface area (TPSA) is 69.8 Å². The van der Waals surface area contributed by atoms with Crippen LogP contribution in [0.15, 0.2) is 0 Å². The minimum atomic E-state index is -0.357. The highest BCUT2D eigenvalue weighted by molar-refractivity contribution is 5.81. The van der Waals surface area contributed by atoms with Gasteiger partial charge in [0.1, 0.15) is 0 Å². The highest BCUT2D eigenvalue weighted by atomic mass is 16.3. The molecule has 5 nitrogen and oxygen atoms in total. The van der Waals surface area contributed by atoms with Crippen LogP contribution < -0.4 is 5.73 Å². The first-order valence-electron chi connectivity index (χ1n) is 6.06. The molecule has 0 spiro atoms. The van der Waals surface area contributed by atoms with Crippen LogP contribution in [0, 0.1) is 0 Å². The van der Waals surface area contributed by atoms with Crippen molar-refractivity contribution in [2.24, 2.45) is 5.73 Å². The predicted molar refractivity (Wildman–Crippen MR) is 63.0 cm³/mol. The molecule has 0 radical (unpaired) electrons. The Balaban J connectivity index is 2.43. The Kier molecular flexibility index (Phi) is 5.73. The number of hydrogen-bond acceptors (Lipinski definition) is 4. The van der Waals surface area contributed by atoms with Gasteiger partial charge in [-0.25, -0.2) is 0 Å². The van der Waals surface area contributed by atoms with Gasteiger partial charge < -0.3 is 15.7 Å². The maximum atomic E-state index is 11.9. The van der Waals surface area contributed by atoms with Gasteiger partial charge >= 0.3 is 0 Å². The summed E-state index contributed by atoms with van der Waals surface area (Å²) in [4.78, 5) is 15.9. The highest BCUT2D eigenvalue weighted by Gasteiger charge is 2.22. The molecule has 3 N–H and O–H groups in total. The van der Waals surface area contributed by atoms with Gasteiger partial charge in [0.05, 0.1) is 12.6 Å². The Labute approximate surface area is 97.2 Å². The fourth-order valence-electron chi connectivity index (χ4n) is 1.97. The minimum absolute atomic E-state index is 0.0633. The second kappa shape index (κ2) is 6.83. The number of carbonyl (C=O) groups is 1. The summed E-state index contributed by atoms with van der Waals surface area (Å²) in [6.07, 6.45) is 1.65. The van der Waals surface area contributed by atoms with Gasteiger partial charge in [0.25, 0.3) is 0 Å². The summed E-state index contributed by atoms with van der Waals surface area (Å²) < 4.78 is 0. The molecule has 1 saturated heterocycles. The molecular weight excluding hydrogens is 206 g/mol. The third-order valence-electron chi connectivity index (χ3n) is 3.07.